The fourth-order valence-electron chi connectivity index (χ4n) is 3.45. The molecule has 0 spiro atoms. The average molecular weight is 333 g/mol. The van der Waals surface area contributed by atoms with Gasteiger partial charge in [-0.25, -0.2) is 13.1 Å². The first-order valence-corrected chi connectivity index (χ1v) is 9.06. The zero-order valence-corrected chi connectivity index (χ0v) is 14.0. The quantitative estimate of drug-likeness (QED) is 0.857. The highest BCUT2D eigenvalue weighted by Gasteiger charge is 2.58. The van der Waals surface area contributed by atoms with Crippen LogP contribution in [0.15, 0.2) is 41.6 Å². The van der Waals surface area contributed by atoms with Gasteiger partial charge in [0.05, 0.1) is 12.8 Å². The number of benzene rings is 1. The number of methoxy groups -OCH3 is 1. The van der Waals surface area contributed by atoms with Gasteiger partial charge >= 0.3 is 0 Å². The van der Waals surface area contributed by atoms with Crippen molar-refractivity contribution in [2.45, 2.75) is 18.2 Å². The van der Waals surface area contributed by atoms with Gasteiger partial charge in [0.2, 0.25) is 10.0 Å². The van der Waals surface area contributed by atoms with Crippen molar-refractivity contribution in [3.05, 3.63) is 36.7 Å². The monoisotopic (exact) mass is 333 g/mol. The number of rotatable bonds is 4. The second kappa shape index (κ2) is 4.82. The minimum Gasteiger partial charge on any atom is -0.495 e. The second-order valence-corrected chi connectivity index (χ2v) is 8.54. The van der Waals surface area contributed by atoms with E-state index in [0.29, 0.717) is 30.4 Å². The molecule has 1 aromatic heterocycles. The van der Waals surface area contributed by atoms with Gasteiger partial charge in [-0.05, 0) is 42.0 Å². The molecule has 6 nitrogen and oxygen atoms in total. The van der Waals surface area contributed by atoms with Gasteiger partial charge in [-0.1, -0.05) is 6.92 Å². The van der Waals surface area contributed by atoms with E-state index in [2.05, 4.69) is 12.0 Å². The van der Waals surface area contributed by atoms with Gasteiger partial charge in [0.15, 0.2) is 0 Å². The van der Waals surface area contributed by atoms with Crippen LogP contribution in [0.3, 0.4) is 0 Å². The molecular formula is C16H19N3O3S. The zero-order valence-electron chi connectivity index (χ0n) is 13.1. The second-order valence-electron chi connectivity index (χ2n) is 6.64. The van der Waals surface area contributed by atoms with Crippen molar-refractivity contribution >= 4 is 10.0 Å². The number of aromatic nitrogens is 2. The van der Waals surface area contributed by atoms with Crippen LogP contribution in [0.5, 0.6) is 5.75 Å². The molecule has 0 N–H and O–H groups in total. The third-order valence-corrected chi connectivity index (χ3v) is 6.87. The van der Waals surface area contributed by atoms with Crippen LogP contribution >= 0.6 is 0 Å². The Bertz CT molecular complexity index is 847. The maximum Gasteiger partial charge on any atom is 0.246 e. The largest absolute Gasteiger partial charge is 0.495 e. The average Bonchev–Trinajstić information content (AvgIpc) is 2.94. The van der Waals surface area contributed by atoms with Crippen molar-refractivity contribution in [3.8, 4) is 11.4 Å². The van der Waals surface area contributed by atoms with E-state index in [1.165, 1.54) is 7.11 Å². The van der Waals surface area contributed by atoms with Gasteiger partial charge in [0, 0.05) is 25.5 Å². The maximum atomic E-state index is 13.1. The van der Waals surface area contributed by atoms with Crippen LogP contribution in [0.25, 0.3) is 5.69 Å². The molecular weight excluding hydrogens is 314 g/mol. The predicted octanol–water partition coefficient (Wildman–Crippen LogP) is 1.91. The molecule has 0 radical (unpaired) electrons. The van der Waals surface area contributed by atoms with E-state index < -0.39 is 10.0 Å². The molecule has 2 unspecified atom stereocenters. The Hall–Kier alpha value is -1.86. The van der Waals surface area contributed by atoms with Gasteiger partial charge in [0.1, 0.15) is 10.6 Å². The first-order valence-electron chi connectivity index (χ1n) is 7.62. The van der Waals surface area contributed by atoms with Gasteiger partial charge in [-0.2, -0.15) is 9.40 Å². The Morgan fingerprint density at radius 2 is 2.22 bits per heavy atom. The maximum absolute atomic E-state index is 13.1. The molecule has 1 aliphatic carbocycles. The van der Waals surface area contributed by atoms with Crippen LogP contribution in [0, 0.1) is 11.3 Å². The summed E-state index contributed by atoms with van der Waals surface area (Å²) in [5.41, 5.74) is 0.866. The van der Waals surface area contributed by atoms with E-state index in [0.717, 1.165) is 6.42 Å². The molecule has 2 aliphatic rings. The molecule has 2 atom stereocenters. The van der Waals surface area contributed by atoms with Crippen LogP contribution in [-0.4, -0.2) is 42.7 Å². The van der Waals surface area contributed by atoms with E-state index in [4.69, 9.17) is 4.74 Å². The molecule has 1 saturated heterocycles. The highest BCUT2D eigenvalue weighted by Crippen LogP contribution is 2.58. The highest BCUT2D eigenvalue weighted by molar-refractivity contribution is 7.89. The van der Waals surface area contributed by atoms with Gasteiger partial charge in [-0.15, -0.1) is 0 Å². The van der Waals surface area contributed by atoms with Gasteiger partial charge in [-0.3, -0.25) is 0 Å². The number of nitrogens with zero attached hydrogens (tertiary/aromatic N) is 3. The molecule has 2 aromatic rings. The van der Waals surface area contributed by atoms with Crippen LogP contribution in [0.2, 0.25) is 0 Å². The molecule has 2 heterocycles. The Morgan fingerprint density at radius 1 is 1.39 bits per heavy atom. The summed E-state index contributed by atoms with van der Waals surface area (Å²) in [5, 5.41) is 4.16. The molecule has 23 heavy (non-hydrogen) atoms. The standard InChI is InChI=1S/C16H19N3O3S/c1-16-9-12(16)10-18(11-16)23(20,21)15-8-13(4-5-14(15)22-2)19-7-3-6-17-19/h3-8,12H,9-11H2,1-2H3. The van der Waals surface area contributed by atoms with E-state index in [1.54, 1.807) is 45.6 Å². The number of hydrogen-bond donors (Lipinski definition) is 0. The summed E-state index contributed by atoms with van der Waals surface area (Å²) in [4.78, 5) is 0.206. The summed E-state index contributed by atoms with van der Waals surface area (Å²) < 4.78 is 34.6. The molecule has 7 heteroatoms. The van der Waals surface area contributed by atoms with Gasteiger partial charge in [0.25, 0.3) is 0 Å². The number of ether oxygens (including phenoxy) is 1. The Labute approximate surface area is 135 Å². The number of sulfonamides is 1. The Balaban J connectivity index is 1.76. The fraction of sp³-hybridized carbons (Fsp3) is 0.438. The summed E-state index contributed by atoms with van der Waals surface area (Å²) >= 11 is 0. The minimum absolute atomic E-state index is 0.167. The van der Waals surface area contributed by atoms with Crippen molar-refractivity contribution in [1.82, 2.24) is 14.1 Å². The normalized spacial score (nSPS) is 27.0. The summed E-state index contributed by atoms with van der Waals surface area (Å²) in [5.74, 6) is 0.865. The van der Waals surface area contributed by atoms with E-state index in [-0.39, 0.29) is 10.3 Å². The van der Waals surface area contributed by atoms with Crippen molar-refractivity contribution < 1.29 is 13.2 Å². The first-order chi connectivity index (χ1) is 10.9. The SMILES string of the molecule is COc1ccc(-n2cccn2)cc1S(=O)(=O)N1CC2CC2(C)C1. The summed E-state index contributed by atoms with van der Waals surface area (Å²) in [6.07, 6.45) is 4.57. The van der Waals surface area contributed by atoms with E-state index in [9.17, 15) is 8.42 Å². The molecule has 0 bridgehead atoms. The summed E-state index contributed by atoms with van der Waals surface area (Å²) in [6, 6.07) is 6.91. The smallest absolute Gasteiger partial charge is 0.246 e. The van der Waals surface area contributed by atoms with Crippen molar-refractivity contribution in [2.75, 3.05) is 20.2 Å². The summed E-state index contributed by atoms with van der Waals surface area (Å²) in [6.45, 7) is 3.35. The number of piperidine rings is 1. The van der Waals surface area contributed by atoms with Crippen LogP contribution in [0.4, 0.5) is 0 Å². The molecule has 1 aromatic carbocycles. The topological polar surface area (TPSA) is 64.4 Å². The van der Waals surface area contributed by atoms with Crippen molar-refractivity contribution in [2.24, 2.45) is 11.3 Å². The van der Waals surface area contributed by atoms with Crippen LogP contribution in [-0.2, 0) is 10.0 Å². The minimum atomic E-state index is -3.57. The lowest BCUT2D eigenvalue weighted by molar-refractivity contribution is 0.389. The molecule has 4 rings (SSSR count). The van der Waals surface area contributed by atoms with Crippen molar-refractivity contribution in [3.63, 3.8) is 0 Å². The fourth-order valence-corrected chi connectivity index (χ4v) is 5.24. The lowest BCUT2D eigenvalue weighted by Gasteiger charge is -2.21. The van der Waals surface area contributed by atoms with Crippen molar-refractivity contribution in [1.29, 1.82) is 0 Å². The van der Waals surface area contributed by atoms with Crippen LogP contribution in [0.1, 0.15) is 13.3 Å². The lowest BCUT2D eigenvalue weighted by Crippen LogP contribution is -2.32. The summed E-state index contributed by atoms with van der Waals surface area (Å²) in [7, 11) is -2.08. The van der Waals surface area contributed by atoms with Crippen LogP contribution < -0.4 is 4.74 Å². The third kappa shape index (κ3) is 2.26. The lowest BCUT2D eigenvalue weighted by atomic mass is 10.1. The molecule has 2 fully saturated rings. The number of hydrogen-bond acceptors (Lipinski definition) is 4. The Kier molecular flexibility index (Phi) is 3.08. The molecule has 122 valence electrons. The molecule has 1 aliphatic heterocycles. The van der Waals surface area contributed by atoms with E-state index >= 15 is 0 Å². The first kappa shape index (κ1) is 14.7. The Morgan fingerprint density at radius 3 is 2.83 bits per heavy atom. The third-order valence-electron chi connectivity index (χ3n) is 5.03. The zero-order chi connectivity index (χ0) is 16.2. The molecule has 1 saturated carbocycles. The predicted molar refractivity (Wildman–Crippen MR) is 85.1 cm³/mol. The highest BCUT2D eigenvalue weighted by atomic mass is 32.2. The number of fused-ring (bicyclic) bond motifs is 1. The molecule has 0 amide bonds. The van der Waals surface area contributed by atoms with E-state index in [1.807, 2.05) is 0 Å². The van der Waals surface area contributed by atoms with Gasteiger partial charge < -0.3 is 4.74 Å².